The summed E-state index contributed by atoms with van der Waals surface area (Å²) >= 11 is 0. The maximum absolute atomic E-state index is 13.4. The Hall–Kier alpha value is -3.52. The molecule has 0 radical (unpaired) electrons. The molecule has 0 saturated carbocycles. The van der Waals surface area contributed by atoms with Gasteiger partial charge in [-0.1, -0.05) is 0 Å². The monoisotopic (exact) mass is 424 g/mol. The van der Waals surface area contributed by atoms with E-state index in [2.05, 4.69) is 9.97 Å². The van der Waals surface area contributed by atoms with Gasteiger partial charge in [0, 0.05) is 29.8 Å². The van der Waals surface area contributed by atoms with Crippen molar-refractivity contribution in [2.45, 2.75) is 11.5 Å². The molecule has 0 fully saturated rings. The first kappa shape index (κ1) is 19.8. The molecule has 4 aromatic rings. The highest BCUT2D eigenvalue weighted by Gasteiger charge is 2.18. The van der Waals surface area contributed by atoms with Crippen LogP contribution in [0.2, 0.25) is 0 Å². The smallest absolute Gasteiger partial charge is 0.233 e. The lowest BCUT2D eigenvalue weighted by Crippen LogP contribution is -1.96. The van der Waals surface area contributed by atoms with E-state index < -0.39 is 9.84 Å². The fourth-order valence-corrected chi connectivity index (χ4v) is 3.49. The number of aromatic nitrogens is 2. The number of halogens is 1. The second-order valence-corrected chi connectivity index (χ2v) is 8.58. The Morgan fingerprint density at radius 1 is 0.933 bits per heavy atom. The summed E-state index contributed by atoms with van der Waals surface area (Å²) in [5.74, 6) is 1.02. The number of hydrogen-bond acceptors (Lipinski definition) is 6. The van der Waals surface area contributed by atoms with Gasteiger partial charge in [-0.05, 0) is 60.7 Å². The molecule has 0 aliphatic heterocycles. The van der Waals surface area contributed by atoms with Gasteiger partial charge in [0.25, 0.3) is 0 Å². The van der Waals surface area contributed by atoms with Crippen molar-refractivity contribution < 1.29 is 22.0 Å². The Bertz CT molecular complexity index is 1250. The van der Waals surface area contributed by atoms with Gasteiger partial charge in [0.05, 0.1) is 4.90 Å². The third-order valence-electron chi connectivity index (χ3n) is 4.35. The van der Waals surface area contributed by atoms with Crippen LogP contribution in [0.5, 0.6) is 5.75 Å². The summed E-state index contributed by atoms with van der Waals surface area (Å²) in [4.78, 5) is 8.67. The minimum atomic E-state index is -3.32. The first-order chi connectivity index (χ1) is 14.4. The summed E-state index contributed by atoms with van der Waals surface area (Å²) in [5, 5.41) is 0. The molecule has 30 heavy (non-hydrogen) atoms. The Morgan fingerprint density at radius 3 is 2.20 bits per heavy atom. The first-order valence-electron chi connectivity index (χ1n) is 8.99. The third-order valence-corrected chi connectivity index (χ3v) is 5.47. The molecule has 4 rings (SSSR count). The summed E-state index contributed by atoms with van der Waals surface area (Å²) in [6, 6.07) is 15.6. The number of rotatable bonds is 6. The average molecular weight is 424 g/mol. The summed E-state index contributed by atoms with van der Waals surface area (Å²) < 4.78 is 48.5. The van der Waals surface area contributed by atoms with Crippen LogP contribution in [0.15, 0.2) is 82.4 Å². The fourth-order valence-electron chi connectivity index (χ4n) is 2.86. The maximum Gasteiger partial charge on any atom is 0.233 e. The predicted octanol–water partition coefficient (Wildman–Crippen LogP) is 4.53. The third kappa shape index (κ3) is 4.38. The molecule has 8 heteroatoms. The normalized spacial score (nSPS) is 11.4. The first-order valence-corrected chi connectivity index (χ1v) is 10.9. The maximum atomic E-state index is 13.4. The van der Waals surface area contributed by atoms with E-state index in [1.54, 1.807) is 48.8 Å². The second-order valence-electron chi connectivity index (χ2n) is 6.56. The standard InChI is InChI=1S/C22H17FN2O4S/c1-30(26,27)19-8-4-16(5-9-19)22-21(15-2-6-17(23)7-3-15)25-20(29-22)14-28-18-10-12-24-13-11-18/h2-13H,14H2,1H3. The minimum Gasteiger partial charge on any atom is -0.484 e. The van der Waals surface area contributed by atoms with Gasteiger partial charge in [0.2, 0.25) is 5.89 Å². The lowest BCUT2D eigenvalue weighted by Gasteiger charge is -2.03. The molecular weight excluding hydrogens is 407 g/mol. The quantitative estimate of drug-likeness (QED) is 0.452. The van der Waals surface area contributed by atoms with Gasteiger partial charge < -0.3 is 9.15 Å². The van der Waals surface area contributed by atoms with Crippen LogP contribution in [0.4, 0.5) is 4.39 Å². The number of sulfone groups is 1. The van der Waals surface area contributed by atoms with Crippen molar-refractivity contribution in [3.05, 3.63) is 84.8 Å². The summed E-state index contributed by atoms with van der Waals surface area (Å²) in [6.07, 6.45) is 4.38. The van der Waals surface area contributed by atoms with E-state index in [-0.39, 0.29) is 17.3 Å². The molecule has 0 spiro atoms. The summed E-state index contributed by atoms with van der Waals surface area (Å²) in [6.45, 7) is 0.0830. The van der Waals surface area contributed by atoms with Crippen LogP contribution in [-0.4, -0.2) is 24.6 Å². The van der Waals surface area contributed by atoms with Gasteiger partial charge in [0.15, 0.2) is 22.2 Å². The van der Waals surface area contributed by atoms with E-state index in [1.165, 1.54) is 24.3 Å². The lowest BCUT2D eigenvalue weighted by molar-refractivity contribution is 0.264. The number of ether oxygens (including phenoxy) is 1. The van der Waals surface area contributed by atoms with Gasteiger partial charge in [-0.25, -0.2) is 17.8 Å². The highest BCUT2D eigenvalue weighted by Crippen LogP contribution is 2.33. The molecule has 152 valence electrons. The molecule has 0 saturated heterocycles. The fraction of sp³-hybridized carbons (Fsp3) is 0.0909. The van der Waals surface area contributed by atoms with Crippen LogP contribution in [0.1, 0.15) is 5.89 Å². The molecule has 2 aromatic carbocycles. The zero-order valence-electron chi connectivity index (χ0n) is 15.9. The van der Waals surface area contributed by atoms with Gasteiger partial charge >= 0.3 is 0 Å². The Morgan fingerprint density at radius 2 is 1.57 bits per heavy atom. The van der Waals surface area contributed by atoms with E-state index in [0.717, 1.165) is 6.26 Å². The summed E-state index contributed by atoms with van der Waals surface area (Å²) in [5.41, 5.74) is 1.82. The van der Waals surface area contributed by atoms with Crippen LogP contribution in [0, 0.1) is 5.82 Å². The number of benzene rings is 2. The average Bonchev–Trinajstić information content (AvgIpc) is 3.17. The van der Waals surface area contributed by atoms with Gasteiger partial charge in [-0.3, -0.25) is 4.98 Å². The summed E-state index contributed by atoms with van der Waals surface area (Å²) in [7, 11) is -3.32. The Kier molecular flexibility index (Phi) is 5.33. The van der Waals surface area contributed by atoms with Crippen molar-refractivity contribution in [3.63, 3.8) is 0 Å². The molecule has 0 bridgehead atoms. The number of pyridine rings is 1. The van der Waals surface area contributed by atoms with E-state index in [0.29, 0.717) is 34.2 Å². The molecule has 0 N–H and O–H groups in total. The molecule has 2 heterocycles. The number of oxazole rings is 1. The minimum absolute atomic E-state index is 0.0830. The Labute approximate surface area is 172 Å². The largest absolute Gasteiger partial charge is 0.484 e. The second kappa shape index (κ2) is 8.08. The van der Waals surface area contributed by atoms with E-state index in [4.69, 9.17) is 9.15 Å². The Balaban J connectivity index is 1.71. The lowest BCUT2D eigenvalue weighted by atomic mass is 10.1. The van der Waals surface area contributed by atoms with Crippen molar-refractivity contribution >= 4 is 9.84 Å². The van der Waals surface area contributed by atoms with Crippen molar-refractivity contribution in [1.29, 1.82) is 0 Å². The molecule has 0 amide bonds. The van der Waals surface area contributed by atoms with E-state index >= 15 is 0 Å². The molecular formula is C22H17FN2O4S. The predicted molar refractivity (Wildman–Crippen MR) is 109 cm³/mol. The van der Waals surface area contributed by atoms with Crippen molar-refractivity contribution in [3.8, 4) is 28.3 Å². The highest BCUT2D eigenvalue weighted by atomic mass is 32.2. The zero-order chi connectivity index (χ0) is 21.1. The SMILES string of the molecule is CS(=O)(=O)c1ccc(-c2oc(COc3ccncc3)nc2-c2ccc(F)cc2)cc1. The zero-order valence-corrected chi connectivity index (χ0v) is 16.8. The highest BCUT2D eigenvalue weighted by molar-refractivity contribution is 7.90. The number of hydrogen-bond donors (Lipinski definition) is 0. The molecule has 0 aliphatic rings. The van der Waals surface area contributed by atoms with Crippen LogP contribution in [0.3, 0.4) is 0 Å². The van der Waals surface area contributed by atoms with Crippen LogP contribution >= 0.6 is 0 Å². The molecule has 6 nitrogen and oxygen atoms in total. The van der Waals surface area contributed by atoms with Crippen LogP contribution in [-0.2, 0) is 16.4 Å². The topological polar surface area (TPSA) is 82.3 Å². The van der Waals surface area contributed by atoms with Crippen LogP contribution in [0.25, 0.3) is 22.6 Å². The molecule has 2 aromatic heterocycles. The van der Waals surface area contributed by atoms with Gasteiger partial charge in [0.1, 0.15) is 17.3 Å². The van der Waals surface area contributed by atoms with Gasteiger partial charge in [-0.15, -0.1) is 0 Å². The molecule has 0 unspecified atom stereocenters. The van der Waals surface area contributed by atoms with Crippen molar-refractivity contribution in [2.75, 3.05) is 6.26 Å². The van der Waals surface area contributed by atoms with E-state index in [1.807, 2.05) is 0 Å². The van der Waals surface area contributed by atoms with Crippen LogP contribution < -0.4 is 4.74 Å². The van der Waals surface area contributed by atoms with E-state index in [9.17, 15) is 12.8 Å². The molecule has 0 atom stereocenters. The number of nitrogens with zero attached hydrogens (tertiary/aromatic N) is 2. The van der Waals surface area contributed by atoms with Crippen molar-refractivity contribution in [2.24, 2.45) is 0 Å². The van der Waals surface area contributed by atoms with Crippen molar-refractivity contribution in [1.82, 2.24) is 9.97 Å². The van der Waals surface area contributed by atoms with Gasteiger partial charge in [-0.2, -0.15) is 0 Å². The molecule has 0 aliphatic carbocycles.